The minimum Gasteiger partial charge on any atom is -0.496 e. The molecule has 26 heavy (non-hydrogen) atoms. The zero-order valence-corrected chi connectivity index (χ0v) is 16.2. The van der Waals surface area contributed by atoms with Crippen molar-refractivity contribution in [2.75, 3.05) is 27.4 Å². The summed E-state index contributed by atoms with van der Waals surface area (Å²) in [6, 6.07) is 3.41. The van der Waals surface area contributed by atoms with Crippen molar-refractivity contribution < 1.29 is 28.5 Å². The Kier molecular flexibility index (Phi) is 9.26. The fraction of sp³-hybridized carbons (Fsp3) is 0.500. The molecule has 0 aromatic heterocycles. The highest BCUT2D eigenvalue weighted by Gasteiger charge is 2.18. The first-order valence-corrected chi connectivity index (χ1v) is 8.63. The van der Waals surface area contributed by atoms with E-state index in [0.29, 0.717) is 36.5 Å². The van der Waals surface area contributed by atoms with Gasteiger partial charge in [-0.3, -0.25) is 4.79 Å². The van der Waals surface area contributed by atoms with Crippen LogP contribution >= 0.6 is 0 Å². The van der Waals surface area contributed by atoms with Crippen LogP contribution in [0, 0.1) is 0 Å². The van der Waals surface area contributed by atoms with Gasteiger partial charge in [0.1, 0.15) is 17.1 Å². The third-order valence-electron chi connectivity index (χ3n) is 3.61. The smallest absolute Gasteiger partial charge is 0.341 e. The van der Waals surface area contributed by atoms with E-state index in [-0.39, 0.29) is 19.0 Å². The molecule has 0 spiro atoms. The third-order valence-corrected chi connectivity index (χ3v) is 3.61. The number of ether oxygens (including phenoxy) is 4. The number of carbonyl (C=O) groups is 2. The number of hydrogen-bond acceptors (Lipinski definition) is 6. The summed E-state index contributed by atoms with van der Waals surface area (Å²) < 4.78 is 20.9. The number of hydrogen-bond donors (Lipinski definition) is 0. The van der Waals surface area contributed by atoms with Crippen molar-refractivity contribution in [1.82, 2.24) is 0 Å². The summed E-state index contributed by atoms with van der Waals surface area (Å²) in [6.45, 7) is 6.42. The number of methoxy groups -OCH3 is 2. The standard InChI is InChI=1S/C20H28O6/c1-6-25-19(21)8-7-11-26-18-13-17(23-4)15(10-9-14(2)3)12-16(18)20(22)24-5/h9,12-13H,6-8,10-11H2,1-5H3. The minimum absolute atomic E-state index is 0.261. The van der Waals surface area contributed by atoms with Crippen LogP contribution in [0.4, 0.5) is 0 Å². The molecule has 0 heterocycles. The van der Waals surface area contributed by atoms with E-state index in [1.54, 1.807) is 26.2 Å². The van der Waals surface area contributed by atoms with Gasteiger partial charge in [-0.15, -0.1) is 0 Å². The molecule has 6 heteroatoms. The summed E-state index contributed by atoms with van der Waals surface area (Å²) in [5.41, 5.74) is 2.38. The van der Waals surface area contributed by atoms with Gasteiger partial charge in [-0.1, -0.05) is 11.6 Å². The molecular formula is C20H28O6. The molecule has 1 rings (SSSR count). The van der Waals surface area contributed by atoms with Crippen LogP contribution in [0.25, 0.3) is 0 Å². The Morgan fingerprint density at radius 3 is 2.42 bits per heavy atom. The predicted octanol–water partition coefficient (Wildman–Crippen LogP) is 3.71. The summed E-state index contributed by atoms with van der Waals surface area (Å²) in [5.74, 6) is 0.263. The van der Waals surface area contributed by atoms with Gasteiger partial charge in [-0.2, -0.15) is 0 Å². The monoisotopic (exact) mass is 364 g/mol. The summed E-state index contributed by atoms with van der Waals surface area (Å²) in [7, 11) is 2.90. The fourth-order valence-corrected chi connectivity index (χ4v) is 2.29. The second kappa shape index (κ2) is 11.2. The van der Waals surface area contributed by atoms with Crippen molar-refractivity contribution in [3.8, 4) is 11.5 Å². The van der Waals surface area contributed by atoms with Crippen molar-refractivity contribution in [3.63, 3.8) is 0 Å². The Hall–Kier alpha value is -2.50. The third kappa shape index (κ3) is 6.78. The minimum atomic E-state index is -0.480. The van der Waals surface area contributed by atoms with Gasteiger partial charge in [0.05, 0.1) is 27.4 Å². The quantitative estimate of drug-likeness (QED) is 0.358. The van der Waals surface area contributed by atoms with Crippen LogP contribution in [0.5, 0.6) is 11.5 Å². The summed E-state index contributed by atoms with van der Waals surface area (Å²) in [4.78, 5) is 23.5. The fourth-order valence-electron chi connectivity index (χ4n) is 2.29. The van der Waals surface area contributed by atoms with Crippen LogP contribution in [0.3, 0.4) is 0 Å². The Labute approximate surface area is 155 Å². The Balaban J connectivity index is 2.96. The van der Waals surface area contributed by atoms with Gasteiger partial charge in [0.15, 0.2) is 0 Å². The van der Waals surface area contributed by atoms with Crippen LogP contribution in [0.2, 0.25) is 0 Å². The van der Waals surface area contributed by atoms with Crippen molar-refractivity contribution in [1.29, 1.82) is 0 Å². The molecule has 1 aromatic rings. The lowest BCUT2D eigenvalue weighted by Gasteiger charge is -2.15. The molecule has 0 radical (unpaired) electrons. The lowest BCUT2D eigenvalue weighted by atomic mass is 10.0. The van der Waals surface area contributed by atoms with E-state index in [2.05, 4.69) is 6.08 Å². The maximum atomic E-state index is 12.1. The van der Waals surface area contributed by atoms with Crippen LogP contribution in [0.1, 0.15) is 49.5 Å². The van der Waals surface area contributed by atoms with Gasteiger partial charge in [0, 0.05) is 12.5 Å². The average Bonchev–Trinajstić information content (AvgIpc) is 2.62. The molecule has 144 valence electrons. The Morgan fingerprint density at radius 2 is 1.85 bits per heavy atom. The molecule has 0 amide bonds. The molecule has 0 bridgehead atoms. The second-order valence-electron chi connectivity index (χ2n) is 5.89. The number of allylic oxidation sites excluding steroid dienone is 2. The molecule has 0 saturated heterocycles. The van der Waals surface area contributed by atoms with Crippen LogP contribution in [-0.4, -0.2) is 39.4 Å². The highest BCUT2D eigenvalue weighted by Crippen LogP contribution is 2.31. The Morgan fingerprint density at radius 1 is 1.12 bits per heavy atom. The molecule has 1 aromatic carbocycles. The van der Waals surface area contributed by atoms with E-state index < -0.39 is 5.97 Å². The largest absolute Gasteiger partial charge is 0.496 e. The number of esters is 2. The molecule has 0 aliphatic rings. The van der Waals surface area contributed by atoms with Gasteiger partial charge in [0.2, 0.25) is 0 Å². The van der Waals surface area contributed by atoms with E-state index in [9.17, 15) is 9.59 Å². The lowest BCUT2D eigenvalue weighted by molar-refractivity contribution is -0.143. The molecule has 0 atom stereocenters. The van der Waals surface area contributed by atoms with E-state index in [0.717, 1.165) is 5.56 Å². The normalized spacial score (nSPS) is 10.0. The molecule has 6 nitrogen and oxygen atoms in total. The van der Waals surface area contributed by atoms with Gasteiger partial charge in [-0.25, -0.2) is 4.79 Å². The number of carbonyl (C=O) groups excluding carboxylic acids is 2. The van der Waals surface area contributed by atoms with E-state index in [1.807, 2.05) is 13.8 Å². The highest BCUT2D eigenvalue weighted by atomic mass is 16.5. The summed E-state index contributed by atoms with van der Waals surface area (Å²) >= 11 is 0. The summed E-state index contributed by atoms with van der Waals surface area (Å²) in [6.07, 6.45) is 3.44. The first-order chi connectivity index (χ1) is 12.4. The van der Waals surface area contributed by atoms with Gasteiger partial charge < -0.3 is 18.9 Å². The first kappa shape index (κ1) is 21.5. The Bertz CT molecular complexity index is 644. The van der Waals surface area contributed by atoms with Crippen LogP contribution in [-0.2, 0) is 20.7 Å². The zero-order chi connectivity index (χ0) is 19.5. The SMILES string of the molecule is CCOC(=O)CCCOc1cc(OC)c(CC=C(C)C)cc1C(=O)OC. The van der Waals surface area contributed by atoms with Gasteiger partial charge in [-0.05, 0) is 45.2 Å². The molecule has 0 aliphatic heterocycles. The highest BCUT2D eigenvalue weighted by molar-refractivity contribution is 5.93. The van der Waals surface area contributed by atoms with E-state index in [4.69, 9.17) is 18.9 Å². The second-order valence-corrected chi connectivity index (χ2v) is 5.89. The van der Waals surface area contributed by atoms with E-state index in [1.165, 1.54) is 12.7 Å². The van der Waals surface area contributed by atoms with Gasteiger partial charge >= 0.3 is 11.9 Å². The predicted molar refractivity (Wildman–Crippen MR) is 98.8 cm³/mol. The van der Waals surface area contributed by atoms with Gasteiger partial charge in [0.25, 0.3) is 0 Å². The van der Waals surface area contributed by atoms with Crippen LogP contribution in [0.15, 0.2) is 23.8 Å². The number of rotatable bonds is 10. The van der Waals surface area contributed by atoms with Crippen molar-refractivity contribution >= 4 is 11.9 Å². The first-order valence-electron chi connectivity index (χ1n) is 8.63. The zero-order valence-electron chi connectivity index (χ0n) is 16.2. The maximum Gasteiger partial charge on any atom is 0.341 e. The maximum absolute atomic E-state index is 12.1. The molecular weight excluding hydrogens is 336 g/mol. The van der Waals surface area contributed by atoms with Crippen LogP contribution < -0.4 is 9.47 Å². The summed E-state index contributed by atoms with van der Waals surface area (Å²) in [5, 5.41) is 0. The lowest BCUT2D eigenvalue weighted by Crippen LogP contribution is -2.10. The molecule has 0 aliphatic carbocycles. The molecule has 0 unspecified atom stereocenters. The molecule has 0 fully saturated rings. The van der Waals surface area contributed by atoms with Crippen molar-refractivity contribution in [3.05, 3.63) is 34.9 Å². The van der Waals surface area contributed by atoms with Crippen molar-refractivity contribution in [2.24, 2.45) is 0 Å². The molecule has 0 N–H and O–H groups in total. The molecule has 0 saturated carbocycles. The van der Waals surface area contributed by atoms with E-state index >= 15 is 0 Å². The topological polar surface area (TPSA) is 71.1 Å². The number of benzene rings is 1. The van der Waals surface area contributed by atoms with Crippen molar-refractivity contribution in [2.45, 2.75) is 40.0 Å². The average molecular weight is 364 g/mol.